The summed E-state index contributed by atoms with van der Waals surface area (Å²) in [7, 11) is 0. The van der Waals surface area contributed by atoms with E-state index in [1.807, 2.05) is 69.6 Å². The topological polar surface area (TPSA) is 143 Å². The average molecular weight is 812 g/mol. The molecular weight excluding hydrogens is 764 g/mol. The van der Waals surface area contributed by atoms with E-state index in [1.54, 1.807) is 22.7 Å². The van der Waals surface area contributed by atoms with Gasteiger partial charge in [0.1, 0.15) is 12.1 Å². The highest BCUT2D eigenvalue weighted by Gasteiger charge is 2.44. The Hall–Kier alpha value is -3.47. The van der Waals surface area contributed by atoms with Crippen LogP contribution in [0.5, 0.6) is 0 Å². The second kappa shape index (κ2) is 16.7. The lowest BCUT2D eigenvalue weighted by atomic mass is 9.85. The number of hydrogen-bond donors (Lipinski definition) is 4. The number of thiazole rings is 2. The van der Waals surface area contributed by atoms with Crippen molar-refractivity contribution in [1.29, 1.82) is 0 Å². The van der Waals surface area contributed by atoms with Crippen LogP contribution in [0.2, 0.25) is 0 Å². The van der Waals surface area contributed by atoms with Crippen molar-refractivity contribution in [2.75, 3.05) is 57.7 Å². The van der Waals surface area contributed by atoms with Gasteiger partial charge in [0.25, 0.3) is 0 Å². The van der Waals surface area contributed by atoms with E-state index in [0.717, 1.165) is 80.8 Å². The number of rotatable bonds is 12. The molecule has 0 aliphatic carbocycles. The zero-order valence-electron chi connectivity index (χ0n) is 30.0. The first-order valence-corrected chi connectivity index (χ1v) is 20.1. The van der Waals surface area contributed by atoms with Gasteiger partial charge >= 0.3 is 0 Å². The van der Waals surface area contributed by atoms with Crippen LogP contribution in [0.4, 0.5) is 5.13 Å². The van der Waals surface area contributed by atoms with Gasteiger partial charge in [0, 0.05) is 63.3 Å². The van der Waals surface area contributed by atoms with E-state index >= 15 is 0 Å². The lowest BCUT2D eigenvalue weighted by Crippen LogP contribution is -2.59. The van der Waals surface area contributed by atoms with Crippen LogP contribution in [0, 0.1) is 12.3 Å². The minimum absolute atomic E-state index is 0.0375. The van der Waals surface area contributed by atoms with Crippen LogP contribution in [0.3, 0.4) is 0 Å². The summed E-state index contributed by atoms with van der Waals surface area (Å²) < 4.78 is 2.18. The summed E-state index contributed by atoms with van der Waals surface area (Å²) in [4.78, 5) is 56.8. The highest BCUT2D eigenvalue weighted by Crippen LogP contribution is 2.30. The number of piperazine rings is 1. The molecule has 0 bridgehead atoms. The number of nitrogens with one attached hydrogen (secondary N) is 3. The largest absolute Gasteiger partial charge is 0.391 e. The molecule has 4 heterocycles. The van der Waals surface area contributed by atoms with E-state index in [-0.39, 0.29) is 37.2 Å². The fraction of sp³-hybridized carbons (Fsp3) is 0.486. The summed E-state index contributed by atoms with van der Waals surface area (Å²) in [5, 5.41) is 20.9. The van der Waals surface area contributed by atoms with E-state index in [0.29, 0.717) is 6.54 Å². The first-order chi connectivity index (χ1) is 24.8. The number of β-amino-alcohol motifs (C(OH)–C–C–N with tert-alkyl or cyclic N) is 1. The summed E-state index contributed by atoms with van der Waals surface area (Å²) in [5.74, 6) is -0.920. The SMILES string of the molecule is Cc1ncsc1-c1ccc(CNC(=O)[C@@H]2C[C@@H](O)CN2C(=O)[C@@H](NC(=O)CN2CCN(CCNc3nc4ccc(Br)cc4s3)CC2)C(C)(C)C)cc1. The second-order valence-corrected chi connectivity index (χ2v) is 17.4. The molecule has 6 rings (SSSR count). The number of aliphatic hydroxyl groups excluding tert-OH is 1. The molecule has 2 fully saturated rings. The Kier molecular flexibility index (Phi) is 12.3. The molecule has 0 saturated carbocycles. The maximum absolute atomic E-state index is 14.0. The van der Waals surface area contributed by atoms with Crippen molar-refractivity contribution in [3.05, 3.63) is 63.7 Å². The van der Waals surface area contributed by atoms with Gasteiger partial charge in [-0.25, -0.2) is 9.97 Å². The van der Waals surface area contributed by atoms with E-state index in [2.05, 4.69) is 57.7 Å². The Balaban J connectivity index is 0.970. The third kappa shape index (κ3) is 9.54. The Labute approximate surface area is 321 Å². The van der Waals surface area contributed by atoms with Crippen molar-refractivity contribution in [2.24, 2.45) is 5.41 Å². The maximum atomic E-state index is 14.0. The lowest BCUT2D eigenvalue weighted by Gasteiger charge is -2.37. The van der Waals surface area contributed by atoms with Gasteiger partial charge in [-0.2, -0.15) is 0 Å². The van der Waals surface area contributed by atoms with E-state index in [4.69, 9.17) is 0 Å². The first-order valence-electron chi connectivity index (χ1n) is 17.6. The number of benzene rings is 2. The van der Waals surface area contributed by atoms with Crippen LogP contribution in [-0.4, -0.2) is 118 Å². The van der Waals surface area contributed by atoms with Crippen molar-refractivity contribution >= 4 is 71.7 Å². The second-order valence-electron chi connectivity index (χ2n) is 14.6. The molecule has 0 radical (unpaired) electrons. The molecule has 3 amide bonds. The minimum Gasteiger partial charge on any atom is -0.391 e. The van der Waals surface area contributed by atoms with Crippen LogP contribution >= 0.6 is 38.6 Å². The highest BCUT2D eigenvalue weighted by molar-refractivity contribution is 9.10. The van der Waals surface area contributed by atoms with E-state index in [9.17, 15) is 19.5 Å². The van der Waals surface area contributed by atoms with Gasteiger partial charge in [-0.3, -0.25) is 24.2 Å². The van der Waals surface area contributed by atoms with Gasteiger partial charge in [-0.1, -0.05) is 72.3 Å². The number of halogens is 1. The minimum atomic E-state index is -0.862. The number of nitrogens with zero attached hydrogens (tertiary/aromatic N) is 5. The Morgan fingerprint density at radius 3 is 2.48 bits per heavy atom. The maximum Gasteiger partial charge on any atom is 0.246 e. The van der Waals surface area contributed by atoms with Crippen LogP contribution < -0.4 is 16.0 Å². The fourth-order valence-electron chi connectivity index (χ4n) is 6.66. The van der Waals surface area contributed by atoms with Crippen molar-refractivity contribution in [2.45, 2.75) is 58.8 Å². The predicted octanol–water partition coefficient (Wildman–Crippen LogP) is 4.33. The monoisotopic (exact) mass is 810 g/mol. The number of carbonyl (C=O) groups excluding carboxylic acids is 3. The number of amides is 3. The van der Waals surface area contributed by atoms with Crippen LogP contribution in [0.15, 0.2) is 52.4 Å². The van der Waals surface area contributed by atoms with Gasteiger partial charge in [-0.15, -0.1) is 11.3 Å². The Morgan fingerprint density at radius 2 is 1.79 bits per heavy atom. The summed E-state index contributed by atoms with van der Waals surface area (Å²) >= 11 is 6.74. The number of aliphatic hydroxyl groups is 1. The molecular formula is C37H47BrN8O4S2. The Morgan fingerprint density at radius 1 is 1.06 bits per heavy atom. The quantitative estimate of drug-likeness (QED) is 0.165. The summed E-state index contributed by atoms with van der Waals surface area (Å²) in [5.41, 5.74) is 5.16. The number of carbonyl (C=O) groups is 3. The molecule has 0 unspecified atom stereocenters. The zero-order chi connectivity index (χ0) is 37.0. The molecule has 2 aromatic carbocycles. The van der Waals surface area contributed by atoms with Gasteiger partial charge in [0.2, 0.25) is 17.7 Å². The number of likely N-dealkylation sites (tertiary alicyclic amines) is 1. The smallest absolute Gasteiger partial charge is 0.246 e. The summed E-state index contributed by atoms with van der Waals surface area (Å²) in [6.07, 6.45) is -0.683. The van der Waals surface area contributed by atoms with Crippen LogP contribution in [0.1, 0.15) is 38.4 Å². The Bertz CT molecular complexity index is 1870. The zero-order valence-corrected chi connectivity index (χ0v) is 33.2. The van der Waals surface area contributed by atoms with Crippen molar-refractivity contribution in [1.82, 2.24) is 35.3 Å². The molecule has 4 N–H and O–H groups in total. The normalized spacial score (nSPS) is 19.2. The number of aryl methyl sites for hydroxylation is 1. The van der Waals surface area contributed by atoms with Crippen molar-refractivity contribution < 1.29 is 19.5 Å². The number of hydrogen-bond acceptors (Lipinski definition) is 11. The number of fused-ring (bicyclic) bond motifs is 1. The number of anilines is 1. The standard InChI is InChI=1S/C37H47BrN8O4S2/c1-23-32(51-22-41-23)25-7-5-24(6-8-25)19-40-34(49)29-18-27(47)20-46(29)35(50)33(37(2,3)4)43-31(48)21-45-15-13-44(14-16-45)12-11-39-36-42-28-10-9-26(38)17-30(28)52-36/h5-10,17,22,27,29,33,47H,11-16,18-21H2,1-4H3,(H,39,42)(H,40,49)(H,43,48)/t27-,29+,33-/m1/s1. The molecule has 52 heavy (non-hydrogen) atoms. The molecule has 4 aromatic rings. The van der Waals surface area contributed by atoms with Gasteiger partial charge in [-0.05, 0) is 41.7 Å². The van der Waals surface area contributed by atoms with Crippen LogP contribution in [0.25, 0.3) is 20.7 Å². The van der Waals surface area contributed by atoms with Crippen LogP contribution in [-0.2, 0) is 20.9 Å². The molecule has 3 atom stereocenters. The molecule has 2 aliphatic heterocycles. The van der Waals surface area contributed by atoms with Crippen molar-refractivity contribution in [3.63, 3.8) is 0 Å². The average Bonchev–Trinajstić information content (AvgIpc) is 3.84. The first kappa shape index (κ1) is 38.3. The van der Waals surface area contributed by atoms with Gasteiger partial charge in [0.05, 0.1) is 38.9 Å². The molecule has 0 spiro atoms. The van der Waals surface area contributed by atoms with Crippen molar-refractivity contribution in [3.8, 4) is 10.4 Å². The lowest BCUT2D eigenvalue weighted by molar-refractivity contribution is -0.144. The number of aromatic nitrogens is 2. The molecule has 12 nitrogen and oxygen atoms in total. The molecule has 2 aliphatic rings. The molecule has 2 saturated heterocycles. The summed E-state index contributed by atoms with van der Waals surface area (Å²) in [6.45, 7) is 13.0. The highest BCUT2D eigenvalue weighted by atomic mass is 79.9. The van der Waals surface area contributed by atoms with E-state index < -0.39 is 23.6 Å². The molecule has 15 heteroatoms. The molecule has 278 valence electrons. The van der Waals surface area contributed by atoms with E-state index in [1.165, 1.54) is 4.90 Å². The van der Waals surface area contributed by atoms with Gasteiger partial charge in [0.15, 0.2) is 5.13 Å². The van der Waals surface area contributed by atoms with Gasteiger partial charge < -0.3 is 26.0 Å². The fourth-order valence-corrected chi connectivity index (χ4v) is 8.91. The summed E-state index contributed by atoms with van der Waals surface area (Å²) in [6, 6.07) is 12.3. The predicted molar refractivity (Wildman–Crippen MR) is 210 cm³/mol. The molecule has 2 aromatic heterocycles. The third-order valence-electron chi connectivity index (χ3n) is 9.60. The third-order valence-corrected chi connectivity index (χ3v) is 12.0.